The zero-order chi connectivity index (χ0) is 33.0. The van der Waals surface area contributed by atoms with Gasteiger partial charge in [0.25, 0.3) is 5.91 Å². The number of methoxy groups -OCH3 is 1. The molecule has 1 heterocycles. The molecule has 2 aromatic rings. The van der Waals surface area contributed by atoms with Crippen molar-refractivity contribution in [1.82, 2.24) is 4.90 Å². The van der Waals surface area contributed by atoms with E-state index in [2.05, 4.69) is 10.3 Å². The van der Waals surface area contributed by atoms with Gasteiger partial charge in [-0.15, -0.1) is 0 Å². The SMILES string of the molecule is [2H]c1c([2H])c([2H])c(-c2c3cc(C)c(=[NH+]CC)cc-3oc3cc(NCC)c(C)cc23)c(C(=O)N(C)CCCCCC(=O)OC)c1[2H]. The Hall–Kier alpha value is -4.13. The number of carbonyl (C=O) groups is 2. The zero-order valence-electron chi connectivity index (χ0n) is 28.8. The topological polar surface area (TPSA) is 85.8 Å². The molecule has 0 radical (unpaired) electrons. The number of anilines is 1. The number of aryl methyl sites for hydroxylation is 2. The van der Waals surface area contributed by atoms with Crippen LogP contribution in [-0.4, -0.2) is 50.6 Å². The van der Waals surface area contributed by atoms with Crippen molar-refractivity contribution >= 4 is 28.5 Å². The Labute approximate surface area is 248 Å². The fourth-order valence-corrected chi connectivity index (χ4v) is 5.08. The van der Waals surface area contributed by atoms with Gasteiger partial charge < -0.3 is 19.4 Å². The van der Waals surface area contributed by atoms with Crippen molar-refractivity contribution in [2.24, 2.45) is 0 Å². The van der Waals surface area contributed by atoms with Crippen LogP contribution in [0.2, 0.25) is 0 Å². The summed E-state index contributed by atoms with van der Waals surface area (Å²) in [4.78, 5) is 30.4. The number of nitrogens with one attached hydrogen (secondary N) is 2. The van der Waals surface area contributed by atoms with Crippen LogP contribution in [-0.2, 0) is 9.53 Å². The molecule has 0 saturated heterocycles. The summed E-state index contributed by atoms with van der Waals surface area (Å²) in [6.45, 7) is 9.70. The van der Waals surface area contributed by atoms with Crippen molar-refractivity contribution in [3.05, 3.63) is 70.5 Å². The Morgan fingerprint density at radius 2 is 1.80 bits per heavy atom. The normalized spacial score (nSPS) is 13.1. The Kier molecular flexibility index (Phi) is 8.11. The monoisotopic (exact) mass is 560 g/mol. The maximum atomic E-state index is 14.1. The molecule has 2 aliphatic rings. The first-order chi connectivity index (χ1) is 21.4. The lowest BCUT2D eigenvalue weighted by atomic mass is 9.89. The highest BCUT2D eigenvalue weighted by Crippen LogP contribution is 2.43. The van der Waals surface area contributed by atoms with Gasteiger partial charge in [-0.3, -0.25) is 9.59 Å². The van der Waals surface area contributed by atoms with Gasteiger partial charge in [-0.1, -0.05) is 24.5 Å². The Balaban J connectivity index is 1.99. The average Bonchev–Trinajstić information content (AvgIpc) is 3.01. The van der Waals surface area contributed by atoms with E-state index in [4.69, 9.17) is 14.6 Å². The standard InChI is InChI=1S/C34H41N3O4/c1-7-35-28-20-30-26(18-22(28)3)33(27-19-23(4)29(36-8-2)21-31(27)41-30)24-14-11-12-15-25(24)34(39)37(5)17-13-9-10-16-32(38)40-6/h11-12,14-15,18-21,35H,7-10,13,16-17H2,1-6H3/p+1/i11D,12D,14D,15D. The Morgan fingerprint density at radius 1 is 1.02 bits per heavy atom. The first-order valence-electron chi connectivity index (χ1n) is 16.2. The van der Waals surface area contributed by atoms with E-state index >= 15 is 0 Å². The number of ether oxygens (including phenoxy) is 1. The number of carbonyl (C=O) groups excluding carboxylic acids is 2. The molecule has 0 spiro atoms. The largest absolute Gasteiger partial charge is 0.469 e. The molecule has 1 aliphatic carbocycles. The van der Waals surface area contributed by atoms with Crippen LogP contribution in [0.5, 0.6) is 0 Å². The van der Waals surface area contributed by atoms with E-state index in [1.165, 1.54) is 12.0 Å². The van der Waals surface area contributed by atoms with Gasteiger partial charge in [0.1, 0.15) is 17.9 Å². The molecule has 41 heavy (non-hydrogen) atoms. The zero-order valence-corrected chi connectivity index (χ0v) is 24.8. The molecule has 0 atom stereocenters. The number of fused-ring (bicyclic) bond motifs is 2. The molecule has 1 amide bonds. The minimum Gasteiger partial charge on any atom is -0.469 e. The molecule has 0 bridgehead atoms. The summed E-state index contributed by atoms with van der Waals surface area (Å²) in [7, 11) is 2.98. The summed E-state index contributed by atoms with van der Waals surface area (Å²) < 4.78 is 46.3. The minimum absolute atomic E-state index is 0.0892. The second kappa shape index (κ2) is 13.5. The van der Waals surface area contributed by atoms with Gasteiger partial charge >= 0.3 is 5.97 Å². The van der Waals surface area contributed by atoms with Crippen molar-refractivity contribution in [3.63, 3.8) is 0 Å². The third-order valence-corrected chi connectivity index (χ3v) is 7.25. The van der Waals surface area contributed by atoms with E-state index in [1.807, 2.05) is 52.0 Å². The van der Waals surface area contributed by atoms with E-state index in [1.54, 1.807) is 7.05 Å². The summed E-state index contributed by atoms with van der Waals surface area (Å²) in [6.07, 6.45) is 2.24. The van der Waals surface area contributed by atoms with E-state index in [9.17, 15) is 9.59 Å². The van der Waals surface area contributed by atoms with Gasteiger partial charge in [0.2, 0.25) is 5.36 Å². The van der Waals surface area contributed by atoms with Crippen molar-refractivity contribution in [1.29, 1.82) is 0 Å². The maximum absolute atomic E-state index is 14.1. The third kappa shape index (κ3) is 6.62. The number of rotatable bonds is 11. The number of hydrogen-bond acceptors (Lipinski definition) is 5. The maximum Gasteiger partial charge on any atom is 0.305 e. The van der Waals surface area contributed by atoms with Crippen molar-refractivity contribution < 1.29 is 29.2 Å². The molecule has 7 heteroatoms. The molecule has 216 valence electrons. The first kappa shape index (κ1) is 24.6. The Bertz CT molecular complexity index is 1800. The molecule has 7 nitrogen and oxygen atoms in total. The molecule has 2 N–H and O–H groups in total. The van der Waals surface area contributed by atoms with Gasteiger partial charge in [-0.05, 0) is 69.8 Å². The molecule has 1 aliphatic heterocycles. The van der Waals surface area contributed by atoms with Crippen molar-refractivity contribution in [2.45, 2.75) is 53.4 Å². The van der Waals surface area contributed by atoms with Crippen LogP contribution in [0.3, 0.4) is 0 Å². The van der Waals surface area contributed by atoms with E-state index in [-0.39, 0.29) is 23.1 Å². The molecule has 4 rings (SSSR count). The molecule has 0 aromatic heterocycles. The van der Waals surface area contributed by atoms with Crippen LogP contribution in [0.25, 0.3) is 33.4 Å². The number of nitrogens with zero attached hydrogens (tertiary/aromatic N) is 1. The predicted octanol–water partition coefficient (Wildman–Crippen LogP) is 5.06. The lowest BCUT2D eigenvalue weighted by molar-refractivity contribution is -0.496. The quantitative estimate of drug-likeness (QED) is 0.152. The Morgan fingerprint density at radius 3 is 2.54 bits per heavy atom. The molecule has 0 unspecified atom stereocenters. The van der Waals surface area contributed by atoms with Crippen LogP contribution < -0.4 is 15.7 Å². The number of hydrogen-bond donors (Lipinski definition) is 2. The van der Waals surface area contributed by atoms with Crippen LogP contribution in [0.4, 0.5) is 5.69 Å². The second-order valence-electron chi connectivity index (χ2n) is 10.2. The van der Waals surface area contributed by atoms with Gasteiger partial charge in [0.05, 0.1) is 18.7 Å². The lowest BCUT2D eigenvalue weighted by Crippen LogP contribution is -2.76. The summed E-state index contributed by atoms with van der Waals surface area (Å²) in [5, 5.41) is 4.88. The van der Waals surface area contributed by atoms with Crippen LogP contribution >= 0.6 is 0 Å². The van der Waals surface area contributed by atoms with Crippen molar-refractivity contribution in [2.75, 3.05) is 39.1 Å². The number of benzene rings is 3. The lowest BCUT2D eigenvalue weighted by Gasteiger charge is -2.22. The second-order valence-corrected chi connectivity index (χ2v) is 10.2. The summed E-state index contributed by atoms with van der Waals surface area (Å²) in [5.41, 5.74) is 4.48. The van der Waals surface area contributed by atoms with Gasteiger partial charge in [0, 0.05) is 66.0 Å². The highest BCUT2D eigenvalue weighted by atomic mass is 16.5. The molecule has 0 saturated carbocycles. The van der Waals surface area contributed by atoms with Crippen LogP contribution in [0, 0.1) is 13.8 Å². The van der Waals surface area contributed by atoms with Crippen molar-refractivity contribution in [3.8, 4) is 22.5 Å². The summed E-state index contributed by atoms with van der Waals surface area (Å²) in [5.74, 6) is -0.261. The minimum atomic E-state index is -0.506. The van der Waals surface area contributed by atoms with Gasteiger partial charge in [-0.2, -0.15) is 0 Å². The molecular formula is C34H42N3O4+. The van der Waals surface area contributed by atoms with E-state index in [0.717, 1.165) is 22.2 Å². The van der Waals surface area contributed by atoms with Crippen LogP contribution in [0.1, 0.15) is 66.5 Å². The van der Waals surface area contributed by atoms with Gasteiger partial charge in [0.15, 0.2) is 0 Å². The summed E-state index contributed by atoms with van der Waals surface area (Å²) in [6, 6.07) is 6.12. The van der Waals surface area contributed by atoms with Crippen LogP contribution in [0.15, 0.2) is 52.9 Å². The van der Waals surface area contributed by atoms with E-state index in [0.29, 0.717) is 73.2 Å². The van der Waals surface area contributed by atoms with Gasteiger partial charge in [-0.25, -0.2) is 4.99 Å². The molecule has 2 aromatic carbocycles. The number of esters is 1. The fourth-order valence-electron chi connectivity index (χ4n) is 5.08. The highest BCUT2D eigenvalue weighted by molar-refractivity contribution is 6.09. The number of amides is 1. The first-order valence-corrected chi connectivity index (χ1v) is 14.2. The highest BCUT2D eigenvalue weighted by Gasteiger charge is 2.24. The third-order valence-electron chi connectivity index (χ3n) is 7.25. The average molecular weight is 561 g/mol. The number of unbranched alkanes of at least 4 members (excludes halogenated alkanes) is 2. The predicted molar refractivity (Wildman–Crippen MR) is 164 cm³/mol. The molecular weight excluding hydrogens is 514 g/mol. The molecule has 0 fully saturated rings. The fraction of sp³-hybridized carbons (Fsp3) is 0.382. The summed E-state index contributed by atoms with van der Waals surface area (Å²) >= 11 is 0. The smallest absolute Gasteiger partial charge is 0.305 e. The van der Waals surface area contributed by atoms with E-state index < -0.39 is 24.0 Å².